The van der Waals surface area contributed by atoms with Gasteiger partial charge in [0.2, 0.25) is 0 Å². The minimum absolute atomic E-state index is 0.0835. The van der Waals surface area contributed by atoms with Crippen molar-refractivity contribution >= 4 is 5.91 Å². The summed E-state index contributed by atoms with van der Waals surface area (Å²) in [4.78, 5) is 14.7. The lowest BCUT2D eigenvalue weighted by Gasteiger charge is -2.26. The molecule has 2 rings (SSSR count). The van der Waals surface area contributed by atoms with Gasteiger partial charge in [-0.15, -0.1) is 0 Å². The van der Waals surface area contributed by atoms with E-state index in [1.807, 2.05) is 45.9 Å². The highest BCUT2D eigenvalue weighted by molar-refractivity contribution is 5.97. The molecule has 0 bridgehead atoms. The first-order chi connectivity index (χ1) is 11.3. The Morgan fingerprint density at radius 2 is 2.04 bits per heavy atom. The summed E-state index contributed by atoms with van der Waals surface area (Å²) < 4.78 is 5.72. The van der Waals surface area contributed by atoms with Crippen molar-refractivity contribution < 1.29 is 9.53 Å². The lowest BCUT2D eigenvalue weighted by atomic mass is 10.0. The molecule has 5 heteroatoms. The third-order valence-electron chi connectivity index (χ3n) is 4.10. The first kappa shape index (κ1) is 17.8. The van der Waals surface area contributed by atoms with Crippen molar-refractivity contribution in [2.45, 2.75) is 33.7 Å². The van der Waals surface area contributed by atoms with Crippen LogP contribution in [0.25, 0.3) is 0 Å². The molecule has 0 spiro atoms. The number of H-pyrrole nitrogens is 1. The van der Waals surface area contributed by atoms with E-state index in [-0.39, 0.29) is 11.9 Å². The molecule has 1 heterocycles. The Bertz CT molecular complexity index is 729. The van der Waals surface area contributed by atoms with Crippen molar-refractivity contribution in [1.29, 1.82) is 0 Å². The van der Waals surface area contributed by atoms with E-state index < -0.39 is 0 Å². The van der Waals surface area contributed by atoms with Crippen molar-refractivity contribution in [2.24, 2.45) is 0 Å². The molecule has 0 radical (unpaired) electrons. The van der Waals surface area contributed by atoms with Crippen LogP contribution >= 0.6 is 0 Å². The number of benzene rings is 1. The van der Waals surface area contributed by atoms with E-state index >= 15 is 0 Å². The molecule has 5 nitrogen and oxygen atoms in total. The summed E-state index contributed by atoms with van der Waals surface area (Å²) in [6, 6.07) is 7.20. The monoisotopic (exact) mass is 327 g/mol. The maximum atomic E-state index is 13.0. The molecule has 128 valence electrons. The van der Waals surface area contributed by atoms with Crippen LogP contribution in [-0.2, 0) is 0 Å². The van der Waals surface area contributed by atoms with Gasteiger partial charge in [0.1, 0.15) is 12.4 Å². The zero-order valence-electron chi connectivity index (χ0n) is 15.0. The molecule has 0 fully saturated rings. The summed E-state index contributed by atoms with van der Waals surface area (Å²) in [7, 11) is 1.80. The lowest BCUT2D eigenvalue weighted by Crippen LogP contribution is -2.30. The van der Waals surface area contributed by atoms with Crippen LogP contribution < -0.4 is 4.74 Å². The van der Waals surface area contributed by atoms with Crippen LogP contribution in [0.1, 0.15) is 47.2 Å². The number of aromatic nitrogens is 2. The molecule has 1 aromatic heterocycles. The highest BCUT2D eigenvalue weighted by atomic mass is 16.5. The molecule has 1 atom stereocenters. The minimum Gasteiger partial charge on any atom is -0.488 e. The molecule has 0 unspecified atom stereocenters. The van der Waals surface area contributed by atoms with Crippen LogP contribution in [0.3, 0.4) is 0 Å². The van der Waals surface area contributed by atoms with E-state index in [9.17, 15) is 4.79 Å². The summed E-state index contributed by atoms with van der Waals surface area (Å²) in [5.74, 6) is 0.491. The fraction of sp³-hybridized carbons (Fsp3) is 0.368. The summed E-state index contributed by atoms with van der Waals surface area (Å²) in [5.41, 5.74) is 4.39. The Hall–Kier alpha value is -2.56. The lowest BCUT2D eigenvalue weighted by molar-refractivity contribution is 0.0738. The topological polar surface area (TPSA) is 58.2 Å². The number of hydrogen-bond donors (Lipinski definition) is 1. The third kappa shape index (κ3) is 3.67. The third-order valence-corrected chi connectivity index (χ3v) is 4.10. The van der Waals surface area contributed by atoms with Gasteiger partial charge < -0.3 is 9.64 Å². The van der Waals surface area contributed by atoms with Gasteiger partial charge in [0.25, 0.3) is 5.91 Å². The average Bonchev–Trinajstić information content (AvgIpc) is 2.89. The number of hydrogen-bond acceptors (Lipinski definition) is 3. The van der Waals surface area contributed by atoms with Crippen LogP contribution in [0.5, 0.6) is 5.75 Å². The molecule has 0 aliphatic rings. The Labute approximate surface area is 143 Å². The number of para-hydroxylation sites is 1. The summed E-state index contributed by atoms with van der Waals surface area (Å²) in [6.45, 7) is 12.0. The van der Waals surface area contributed by atoms with Crippen LogP contribution in [-0.4, -0.2) is 34.7 Å². The highest BCUT2D eigenvalue weighted by Gasteiger charge is 2.25. The summed E-state index contributed by atoms with van der Waals surface area (Å²) in [5, 5.41) is 7.19. The number of aromatic amines is 1. The molecule has 0 saturated carbocycles. The number of rotatable bonds is 6. The molecule has 0 saturated heterocycles. The number of carbonyl (C=O) groups is 1. The number of ether oxygens (including phenoxy) is 1. The molecular formula is C19H25N3O2. The SMILES string of the molecule is C=C(C)COc1ccccc1C(=O)N(C)[C@@H](C)c1c(C)n[nH]c1C. The van der Waals surface area contributed by atoms with Crippen molar-refractivity contribution in [3.63, 3.8) is 0 Å². The summed E-state index contributed by atoms with van der Waals surface area (Å²) >= 11 is 0. The van der Waals surface area contributed by atoms with Gasteiger partial charge in [-0.1, -0.05) is 18.7 Å². The van der Waals surface area contributed by atoms with Gasteiger partial charge in [0, 0.05) is 18.3 Å². The average molecular weight is 327 g/mol. The van der Waals surface area contributed by atoms with Gasteiger partial charge >= 0.3 is 0 Å². The van der Waals surface area contributed by atoms with Crippen molar-refractivity contribution in [3.8, 4) is 5.75 Å². The molecule has 0 aliphatic carbocycles. The highest BCUT2D eigenvalue weighted by Crippen LogP contribution is 2.27. The van der Waals surface area contributed by atoms with Crippen molar-refractivity contribution in [3.05, 3.63) is 58.9 Å². The number of nitrogens with one attached hydrogen (secondary N) is 1. The Morgan fingerprint density at radius 3 is 2.62 bits per heavy atom. The maximum Gasteiger partial charge on any atom is 0.257 e. The van der Waals surface area contributed by atoms with Gasteiger partial charge in [-0.25, -0.2) is 0 Å². The van der Waals surface area contributed by atoms with Gasteiger partial charge in [0.05, 0.1) is 17.3 Å². The predicted molar refractivity (Wildman–Crippen MR) is 95.3 cm³/mol. The van der Waals surface area contributed by atoms with Crippen molar-refractivity contribution in [1.82, 2.24) is 15.1 Å². The smallest absolute Gasteiger partial charge is 0.257 e. The molecule has 2 aromatic rings. The van der Waals surface area contributed by atoms with Gasteiger partial charge in [-0.3, -0.25) is 9.89 Å². The zero-order valence-corrected chi connectivity index (χ0v) is 15.0. The van der Waals surface area contributed by atoms with Gasteiger partial charge in [-0.05, 0) is 45.4 Å². The van der Waals surface area contributed by atoms with E-state index in [1.165, 1.54) is 0 Å². The van der Waals surface area contributed by atoms with Crippen LogP contribution in [0, 0.1) is 13.8 Å². The fourth-order valence-corrected chi connectivity index (χ4v) is 2.70. The van der Waals surface area contributed by atoms with E-state index in [2.05, 4.69) is 16.8 Å². The normalized spacial score (nSPS) is 11.9. The Morgan fingerprint density at radius 1 is 1.38 bits per heavy atom. The van der Waals surface area contributed by atoms with E-state index in [0.717, 1.165) is 22.5 Å². The molecule has 1 N–H and O–H groups in total. The predicted octanol–water partition coefficient (Wildman–Crippen LogP) is 3.81. The first-order valence-corrected chi connectivity index (χ1v) is 7.97. The van der Waals surface area contributed by atoms with Gasteiger partial charge in [-0.2, -0.15) is 5.10 Å². The first-order valence-electron chi connectivity index (χ1n) is 7.97. The van der Waals surface area contributed by atoms with Crippen LogP contribution in [0.15, 0.2) is 36.4 Å². The largest absolute Gasteiger partial charge is 0.488 e. The maximum absolute atomic E-state index is 13.0. The zero-order chi connectivity index (χ0) is 17.9. The second-order valence-corrected chi connectivity index (χ2v) is 6.18. The van der Waals surface area contributed by atoms with E-state index in [0.29, 0.717) is 17.9 Å². The quantitative estimate of drug-likeness (QED) is 0.821. The van der Waals surface area contributed by atoms with Crippen LogP contribution in [0.4, 0.5) is 0 Å². The second-order valence-electron chi connectivity index (χ2n) is 6.18. The fourth-order valence-electron chi connectivity index (χ4n) is 2.70. The number of aryl methyl sites for hydroxylation is 2. The van der Waals surface area contributed by atoms with Crippen molar-refractivity contribution in [2.75, 3.05) is 13.7 Å². The second kappa shape index (κ2) is 7.34. The number of amides is 1. The molecular weight excluding hydrogens is 302 g/mol. The molecule has 1 amide bonds. The molecule has 1 aromatic carbocycles. The summed E-state index contributed by atoms with van der Waals surface area (Å²) in [6.07, 6.45) is 0. The molecule has 0 aliphatic heterocycles. The standard InChI is InChI=1S/C19H25N3O2/c1-12(2)11-24-17-10-8-7-9-16(17)19(23)22(6)15(5)18-13(3)20-21-14(18)4/h7-10,15H,1,11H2,2-6H3,(H,20,21)/t15-/m0/s1. The Kier molecular flexibility index (Phi) is 5.44. The molecule has 24 heavy (non-hydrogen) atoms. The van der Waals surface area contributed by atoms with E-state index in [1.54, 1.807) is 18.0 Å². The Balaban J connectivity index is 2.26. The minimum atomic E-state index is -0.0922. The number of carbonyl (C=O) groups excluding carboxylic acids is 1. The van der Waals surface area contributed by atoms with Crippen LogP contribution in [0.2, 0.25) is 0 Å². The van der Waals surface area contributed by atoms with E-state index in [4.69, 9.17) is 4.74 Å². The number of nitrogens with zero attached hydrogens (tertiary/aromatic N) is 2. The van der Waals surface area contributed by atoms with Gasteiger partial charge in [0.15, 0.2) is 0 Å².